The number of carboxylic acids is 1. The monoisotopic (exact) mass is 251 g/mol. The van der Waals surface area contributed by atoms with Crippen molar-refractivity contribution in [2.45, 2.75) is 18.9 Å². The van der Waals surface area contributed by atoms with Crippen LogP contribution in [-0.2, 0) is 4.79 Å². The normalized spacial score (nSPS) is 20.5. The third-order valence-electron chi connectivity index (χ3n) is 3.01. The van der Waals surface area contributed by atoms with Gasteiger partial charge in [0.25, 0.3) is 0 Å². The van der Waals surface area contributed by atoms with E-state index >= 15 is 0 Å². The number of carboxylic acid groups (broad SMARTS) is 1. The van der Waals surface area contributed by atoms with Crippen LogP contribution in [0.15, 0.2) is 30.4 Å². The molecule has 0 radical (unpaired) electrons. The van der Waals surface area contributed by atoms with Gasteiger partial charge in [-0.2, -0.15) is 0 Å². The van der Waals surface area contributed by atoms with E-state index in [4.69, 9.17) is 16.7 Å². The van der Waals surface area contributed by atoms with Crippen LogP contribution in [0.3, 0.4) is 0 Å². The highest BCUT2D eigenvalue weighted by atomic mass is 35.5. The van der Waals surface area contributed by atoms with Crippen LogP contribution in [0.4, 0.5) is 0 Å². The van der Waals surface area contributed by atoms with Crippen molar-refractivity contribution in [1.29, 1.82) is 0 Å². The predicted molar refractivity (Wildman–Crippen MR) is 67.4 cm³/mol. The van der Waals surface area contributed by atoms with Crippen molar-refractivity contribution in [2.24, 2.45) is 0 Å². The van der Waals surface area contributed by atoms with Gasteiger partial charge < -0.3 is 10.4 Å². The van der Waals surface area contributed by atoms with Gasteiger partial charge in [0.1, 0.15) is 0 Å². The summed E-state index contributed by atoms with van der Waals surface area (Å²) in [5.41, 5.74) is 1.72. The fourth-order valence-electron chi connectivity index (χ4n) is 1.89. The van der Waals surface area contributed by atoms with Crippen LogP contribution < -0.4 is 5.32 Å². The first-order valence-electron chi connectivity index (χ1n) is 5.52. The summed E-state index contributed by atoms with van der Waals surface area (Å²) in [6.45, 7) is 2.50. The summed E-state index contributed by atoms with van der Waals surface area (Å²) in [4.78, 5) is 10.9. The molecule has 0 fully saturated rings. The van der Waals surface area contributed by atoms with Crippen molar-refractivity contribution in [3.05, 3.63) is 46.5 Å². The van der Waals surface area contributed by atoms with Gasteiger partial charge in [-0.15, -0.1) is 0 Å². The van der Waals surface area contributed by atoms with Gasteiger partial charge in [-0.1, -0.05) is 35.9 Å². The van der Waals surface area contributed by atoms with Crippen LogP contribution in [0.1, 0.15) is 30.0 Å². The maximum absolute atomic E-state index is 10.9. The van der Waals surface area contributed by atoms with E-state index in [1.165, 1.54) is 0 Å². The van der Waals surface area contributed by atoms with Gasteiger partial charge >= 0.3 is 5.97 Å². The quantitative estimate of drug-likeness (QED) is 0.812. The first-order valence-corrected chi connectivity index (χ1v) is 5.89. The highest BCUT2D eigenvalue weighted by Crippen LogP contribution is 2.29. The number of benzene rings is 1. The third kappa shape index (κ3) is 2.51. The molecule has 2 unspecified atom stereocenters. The van der Waals surface area contributed by atoms with Crippen molar-refractivity contribution in [3.8, 4) is 0 Å². The van der Waals surface area contributed by atoms with Crippen LogP contribution in [0.5, 0.6) is 0 Å². The van der Waals surface area contributed by atoms with Gasteiger partial charge in [0.2, 0.25) is 0 Å². The second-order valence-electron chi connectivity index (χ2n) is 4.15. The van der Waals surface area contributed by atoms with E-state index in [0.29, 0.717) is 5.02 Å². The Balaban J connectivity index is 2.28. The molecule has 4 heteroatoms. The summed E-state index contributed by atoms with van der Waals surface area (Å²) < 4.78 is 0. The van der Waals surface area contributed by atoms with E-state index in [-0.39, 0.29) is 6.04 Å². The molecule has 1 aromatic carbocycles. The molecule has 17 heavy (non-hydrogen) atoms. The van der Waals surface area contributed by atoms with Crippen LogP contribution in [0, 0.1) is 0 Å². The lowest BCUT2D eigenvalue weighted by molar-refractivity contribution is -0.138. The Morgan fingerprint density at radius 1 is 1.59 bits per heavy atom. The van der Waals surface area contributed by atoms with Crippen LogP contribution in [-0.4, -0.2) is 17.6 Å². The standard InChI is InChI=1S/C13H14ClNO2/c1-8(13(16)17)9-4-5-10(11(14)7-9)12-3-2-6-15-12/h2-5,7-8,12,15H,6H2,1H3,(H,16,17). The molecule has 0 amide bonds. The highest BCUT2D eigenvalue weighted by molar-refractivity contribution is 6.31. The molecule has 3 nitrogen and oxygen atoms in total. The number of hydrogen-bond acceptors (Lipinski definition) is 2. The summed E-state index contributed by atoms with van der Waals surface area (Å²) >= 11 is 6.19. The van der Waals surface area contributed by atoms with Crippen LogP contribution in [0.2, 0.25) is 5.02 Å². The number of halogens is 1. The van der Waals surface area contributed by atoms with Crippen molar-refractivity contribution in [1.82, 2.24) is 5.32 Å². The van der Waals surface area contributed by atoms with Gasteiger partial charge in [0.05, 0.1) is 12.0 Å². The van der Waals surface area contributed by atoms with Crippen LogP contribution >= 0.6 is 11.6 Å². The molecule has 0 aliphatic carbocycles. The molecule has 90 valence electrons. The molecule has 0 aromatic heterocycles. The lowest BCUT2D eigenvalue weighted by atomic mass is 9.98. The average Bonchev–Trinajstić information content (AvgIpc) is 2.81. The molecule has 0 saturated heterocycles. The first kappa shape index (κ1) is 12.1. The minimum absolute atomic E-state index is 0.136. The van der Waals surface area contributed by atoms with Gasteiger partial charge in [-0.05, 0) is 24.1 Å². The van der Waals surface area contributed by atoms with Crippen molar-refractivity contribution in [3.63, 3.8) is 0 Å². The zero-order chi connectivity index (χ0) is 12.4. The van der Waals surface area contributed by atoms with E-state index in [1.807, 2.05) is 12.1 Å². The number of rotatable bonds is 3. The third-order valence-corrected chi connectivity index (χ3v) is 3.34. The van der Waals surface area contributed by atoms with Crippen molar-refractivity contribution in [2.75, 3.05) is 6.54 Å². The highest BCUT2D eigenvalue weighted by Gasteiger charge is 2.18. The Bertz CT molecular complexity index is 470. The summed E-state index contributed by atoms with van der Waals surface area (Å²) in [6.07, 6.45) is 4.11. The zero-order valence-electron chi connectivity index (χ0n) is 9.48. The van der Waals surface area contributed by atoms with E-state index in [9.17, 15) is 4.79 Å². The number of aliphatic carboxylic acids is 1. The molecular weight excluding hydrogens is 238 g/mol. The van der Waals surface area contributed by atoms with Gasteiger partial charge in [0.15, 0.2) is 0 Å². The molecule has 0 saturated carbocycles. The van der Waals surface area contributed by atoms with Gasteiger partial charge in [-0.25, -0.2) is 0 Å². The SMILES string of the molecule is CC(C(=O)O)c1ccc(C2C=CCN2)c(Cl)c1. The van der Waals surface area contributed by atoms with Crippen molar-refractivity contribution < 1.29 is 9.90 Å². The van der Waals surface area contributed by atoms with Gasteiger partial charge in [-0.3, -0.25) is 4.79 Å². The molecule has 0 bridgehead atoms. The van der Waals surface area contributed by atoms with E-state index in [2.05, 4.69) is 17.5 Å². The maximum Gasteiger partial charge on any atom is 0.310 e. The largest absolute Gasteiger partial charge is 0.481 e. The first-order chi connectivity index (χ1) is 8.09. The zero-order valence-corrected chi connectivity index (χ0v) is 10.2. The fourth-order valence-corrected chi connectivity index (χ4v) is 2.19. The van der Waals surface area contributed by atoms with Gasteiger partial charge in [0, 0.05) is 11.6 Å². The Morgan fingerprint density at radius 3 is 2.88 bits per heavy atom. The van der Waals surface area contributed by atoms with E-state index in [0.717, 1.165) is 17.7 Å². The minimum Gasteiger partial charge on any atom is -0.481 e. The fraction of sp³-hybridized carbons (Fsp3) is 0.308. The second-order valence-corrected chi connectivity index (χ2v) is 4.56. The Kier molecular flexibility index (Phi) is 3.50. The molecule has 1 aromatic rings. The summed E-state index contributed by atoms with van der Waals surface area (Å²) in [7, 11) is 0. The van der Waals surface area contributed by atoms with Crippen LogP contribution in [0.25, 0.3) is 0 Å². The Hall–Kier alpha value is -1.32. The Morgan fingerprint density at radius 2 is 2.35 bits per heavy atom. The minimum atomic E-state index is -0.840. The number of carbonyl (C=O) groups is 1. The van der Waals surface area contributed by atoms with Crippen molar-refractivity contribution >= 4 is 17.6 Å². The molecule has 2 N–H and O–H groups in total. The molecule has 0 spiro atoms. The molecule has 1 heterocycles. The van der Waals surface area contributed by atoms with E-state index in [1.54, 1.807) is 13.0 Å². The molecule has 1 aliphatic heterocycles. The molecule has 2 rings (SSSR count). The number of nitrogens with one attached hydrogen (secondary N) is 1. The average molecular weight is 252 g/mol. The molecule has 2 atom stereocenters. The summed E-state index contributed by atoms with van der Waals surface area (Å²) in [6, 6.07) is 5.60. The lowest BCUT2D eigenvalue weighted by Gasteiger charge is -2.14. The molecule has 1 aliphatic rings. The lowest BCUT2D eigenvalue weighted by Crippen LogP contribution is -2.14. The number of hydrogen-bond donors (Lipinski definition) is 2. The smallest absolute Gasteiger partial charge is 0.310 e. The Labute approximate surface area is 105 Å². The van der Waals surface area contributed by atoms with E-state index < -0.39 is 11.9 Å². The predicted octanol–water partition coefficient (Wildman–Crippen LogP) is 2.73. The topological polar surface area (TPSA) is 49.3 Å². The summed E-state index contributed by atoms with van der Waals surface area (Å²) in [5.74, 6) is -1.37. The second kappa shape index (κ2) is 4.90. The molecular formula is C13H14ClNO2. The maximum atomic E-state index is 10.9. The summed E-state index contributed by atoms with van der Waals surface area (Å²) in [5, 5.41) is 12.8.